The predicted molar refractivity (Wildman–Crippen MR) is 276 cm³/mol. The molecule has 0 saturated carbocycles. The van der Waals surface area contributed by atoms with Gasteiger partial charge in [0.2, 0.25) is 17.1 Å². The average Bonchev–Trinajstić information content (AvgIpc) is 3.84. The van der Waals surface area contributed by atoms with Crippen LogP contribution in [0.4, 0.5) is 5.82 Å². The Morgan fingerprint density at radius 3 is 1.45 bits per heavy atom. The SMILES string of the molecule is CC(C)I.Clc1nc(NCc2ccc(-c3ccccc3)nc2)c2[nH]cnc2n1.NC(=O)c1ccc(-c2ccccc2)nc1.NC(=O)c1ccc(Cl)nc1.NCc1ccc(-c2ccccc2)nc1. The molecule has 0 saturated heterocycles. The van der Waals surface area contributed by atoms with E-state index in [1.807, 2.05) is 128 Å². The number of nitrogens with two attached hydrogens (primary N) is 3. The van der Waals surface area contributed by atoms with Gasteiger partial charge in [-0.25, -0.2) is 9.97 Å². The van der Waals surface area contributed by atoms with Crippen LogP contribution >= 0.6 is 45.8 Å². The largest absolute Gasteiger partial charge is 0.366 e. The number of rotatable bonds is 9. The lowest BCUT2D eigenvalue weighted by Gasteiger charge is -2.07. The molecule has 67 heavy (non-hydrogen) atoms. The third kappa shape index (κ3) is 17.0. The number of nitrogens with one attached hydrogen (secondary N) is 2. The molecule has 0 fully saturated rings. The monoisotopic (exact) mass is 1040 g/mol. The predicted octanol–water partition coefficient (Wildman–Crippen LogP) is 10.4. The van der Waals surface area contributed by atoms with Crippen molar-refractivity contribution in [2.75, 3.05) is 5.32 Å². The second kappa shape index (κ2) is 26.7. The highest BCUT2D eigenvalue weighted by Crippen LogP contribution is 2.21. The van der Waals surface area contributed by atoms with E-state index >= 15 is 0 Å². The molecule has 340 valence electrons. The van der Waals surface area contributed by atoms with Crippen molar-refractivity contribution in [3.05, 3.63) is 203 Å². The maximum atomic E-state index is 10.8. The Bertz CT molecular complexity index is 2870. The van der Waals surface area contributed by atoms with Crippen molar-refractivity contribution in [2.24, 2.45) is 17.2 Å². The highest BCUT2D eigenvalue weighted by Gasteiger charge is 2.09. The highest BCUT2D eigenvalue weighted by molar-refractivity contribution is 14.1. The molecule has 2 amide bonds. The van der Waals surface area contributed by atoms with Gasteiger partial charge in [-0.15, -0.1) is 0 Å². The lowest BCUT2D eigenvalue weighted by atomic mass is 10.1. The summed E-state index contributed by atoms with van der Waals surface area (Å²) in [4.78, 5) is 53.3. The van der Waals surface area contributed by atoms with E-state index in [1.54, 1.807) is 18.5 Å². The summed E-state index contributed by atoms with van der Waals surface area (Å²) >= 11 is 13.7. The number of aromatic nitrogens is 8. The smallest absolute Gasteiger partial charge is 0.250 e. The lowest BCUT2D eigenvalue weighted by molar-refractivity contribution is 0.0991. The number of pyridine rings is 4. The number of alkyl halides is 1. The molecule has 0 spiro atoms. The van der Waals surface area contributed by atoms with Gasteiger partial charge in [0, 0.05) is 58.5 Å². The number of carbonyl (C=O) groups is 2. The number of amides is 2. The van der Waals surface area contributed by atoms with Crippen molar-refractivity contribution in [3.8, 4) is 33.8 Å². The van der Waals surface area contributed by atoms with Crippen LogP contribution in [0.1, 0.15) is 45.7 Å². The minimum Gasteiger partial charge on any atom is -0.366 e. The van der Waals surface area contributed by atoms with Crippen LogP contribution < -0.4 is 22.5 Å². The summed E-state index contributed by atoms with van der Waals surface area (Å²) < 4.78 is 0.803. The number of hydrogen-bond acceptors (Lipinski definition) is 11. The quantitative estimate of drug-likeness (QED) is 0.0395. The molecule has 6 heterocycles. The molecule has 0 unspecified atom stereocenters. The van der Waals surface area contributed by atoms with Gasteiger partial charge < -0.3 is 27.5 Å². The molecule has 0 radical (unpaired) electrons. The molecule has 17 heteroatoms. The van der Waals surface area contributed by atoms with Crippen LogP contribution in [0.2, 0.25) is 10.4 Å². The van der Waals surface area contributed by atoms with E-state index in [0.29, 0.717) is 40.8 Å². The summed E-state index contributed by atoms with van der Waals surface area (Å²) in [5, 5.41) is 3.76. The second-order valence-electron chi connectivity index (χ2n) is 14.2. The number of nitrogens with zero attached hydrogens (tertiary/aromatic N) is 7. The third-order valence-electron chi connectivity index (χ3n) is 8.87. The summed E-state index contributed by atoms with van der Waals surface area (Å²) in [5.41, 5.74) is 25.7. The Hall–Kier alpha value is -7.18. The van der Waals surface area contributed by atoms with Crippen molar-refractivity contribution in [2.45, 2.75) is 30.9 Å². The first-order chi connectivity index (χ1) is 32.4. The number of carbonyl (C=O) groups excluding carboxylic acids is 2. The van der Waals surface area contributed by atoms with Crippen molar-refractivity contribution < 1.29 is 9.59 Å². The molecule has 9 rings (SSSR count). The normalized spacial score (nSPS) is 10.1. The van der Waals surface area contributed by atoms with E-state index in [-0.39, 0.29) is 5.28 Å². The van der Waals surface area contributed by atoms with Gasteiger partial charge in [0.25, 0.3) is 0 Å². The fraction of sp³-hybridized carbons (Fsp3) is 0.100. The first-order valence-corrected chi connectivity index (χ1v) is 22.6. The van der Waals surface area contributed by atoms with Crippen molar-refractivity contribution in [1.82, 2.24) is 39.9 Å². The van der Waals surface area contributed by atoms with Gasteiger partial charge in [0.05, 0.1) is 34.5 Å². The number of anilines is 1. The number of benzene rings is 3. The van der Waals surface area contributed by atoms with Crippen LogP contribution in [0, 0.1) is 0 Å². The molecule has 0 aliphatic carbocycles. The van der Waals surface area contributed by atoms with Crippen LogP contribution in [0.25, 0.3) is 44.9 Å². The van der Waals surface area contributed by atoms with E-state index in [2.05, 4.69) is 81.6 Å². The topological polar surface area (TPSA) is 230 Å². The number of primary amides is 2. The Balaban J connectivity index is 0.000000171. The van der Waals surface area contributed by atoms with Gasteiger partial charge >= 0.3 is 0 Å². The van der Waals surface area contributed by atoms with Crippen LogP contribution in [0.3, 0.4) is 0 Å². The number of aromatic amines is 1. The molecular weight excluding hydrogens is 998 g/mol. The number of imidazole rings is 1. The fourth-order valence-electron chi connectivity index (χ4n) is 5.59. The zero-order valence-corrected chi connectivity index (χ0v) is 40.1. The van der Waals surface area contributed by atoms with Gasteiger partial charge in [-0.1, -0.05) is 151 Å². The first kappa shape index (κ1) is 50.8. The first-order valence-electron chi connectivity index (χ1n) is 20.6. The van der Waals surface area contributed by atoms with Gasteiger partial charge in [-0.2, -0.15) is 9.97 Å². The van der Waals surface area contributed by atoms with Crippen molar-refractivity contribution >= 4 is 74.6 Å². The van der Waals surface area contributed by atoms with E-state index in [4.69, 9.17) is 40.4 Å². The highest BCUT2D eigenvalue weighted by atomic mass is 127. The number of fused-ring (bicyclic) bond motifs is 1. The minimum absolute atomic E-state index is 0.162. The molecule has 14 nitrogen and oxygen atoms in total. The zero-order chi connectivity index (χ0) is 48.0. The summed E-state index contributed by atoms with van der Waals surface area (Å²) in [6, 6.07) is 44.5. The van der Waals surface area contributed by atoms with E-state index in [1.165, 1.54) is 24.5 Å². The summed E-state index contributed by atoms with van der Waals surface area (Å²) in [5.74, 6) is -0.332. The third-order valence-corrected chi connectivity index (χ3v) is 9.26. The lowest BCUT2D eigenvalue weighted by Crippen LogP contribution is -2.10. The summed E-state index contributed by atoms with van der Waals surface area (Å²) in [6.07, 6.45) is 8.07. The maximum Gasteiger partial charge on any atom is 0.250 e. The van der Waals surface area contributed by atoms with E-state index in [9.17, 15) is 9.59 Å². The van der Waals surface area contributed by atoms with Crippen molar-refractivity contribution in [1.29, 1.82) is 0 Å². The van der Waals surface area contributed by atoms with Gasteiger partial charge in [-0.05, 0) is 59.1 Å². The molecule has 9 aromatic rings. The summed E-state index contributed by atoms with van der Waals surface area (Å²) in [7, 11) is 0. The van der Waals surface area contributed by atoms with Crippen LogP contribution in [-0.4, -0.2) is 55.6 Å². The zero-order valence-electron chi connectivity index (χ0n) is 36.5. The Labute approximate surface area is 412 Å². The standard InChI is InChI=1S/C17H13ClN6.C12H10N2O.C12H12N2.C6H5ClN2O.C3H7I/c18-17-23-15(14-16(24-17)22-10-21-14)20-9-11-6-7-13(19-8-11)12-4-2-1-3-5-12;13-12(15)10-6-7-11(14-8-10)9-4-2-1-3-5-9;13-8-10-6-7-12(14-9-10)11-4-2-1-3-5-11;7-5-2-1-4(3-9-5)6(8)10;1-3(2)4/h1-8,10H,9H2,(H2,20,21,22,23,24);1-8H,(H2,13,15);1-7,9H,8,13H2;1-3H,(H2,8,10);3H,1-2H3. The van der Waals surface area contributed by atoms with Crippen molar-refractivity contribution in [3.63, 3.8) is 0 Å². The fourth-order valence-corrected chi connectivity index (χ4v) is 5.87. The molecule has 0 atom stereocenters. The Kier molecular flexibility index (Phi) is 20.2. The molecule has 0 aliphatic heterocycles. The van der Waals surface area contributed by atoms with Gasteiger partial charge in [-0.3, -0.25) is 24.5 Å². The number of halogens is 3. The average molecular weight is 1050 g/mol. The minimum atomic E-state index is -0.496. The molecular formula is C50H47Cl2IN12O2. The van der Waals surface area contributed by atoms with Crippen LogP contribution in [0.5, 0.6) is 0 Å². The molecule has 0 bridgehead atoms. The van der Waals surface area contributed by atoms with Gasteiger partial charge in [0.15, 0.2) is 11.5 Å². The maximum absolute atomic E-state index is 10.8. The van der Waals surface area contributed by atoms with Crippen LogP contribution in [-0.2, 0) is 13.1 Å². The van der Waals surface area contributed by atoms with Crippen LogP contribution in [0.15, 0.2) is 171 Å². The summed E-state index contributed by atoms with van der Waals surface area (Å²) in [6.45, 7) is 5.42. The number of H-pyrrole nitrogens is 1. The van der Waals surface area contributed by atoms with Gasteiger partial charge in [0.1, 0.15) is 10.7 Å². The molecule has 0 aliphatic rings. The Morgan fingerprint density at radius 1 is 0.597 bits per heavy atom. The van der Waals surface area contributed by atoms with E-state index < -0.39 is 11.8 Å². The second-order valence-corrected chi connectivity index (χ2v) is 17.5. The Morgan fingerprint density at radius 2 is 1.04 bits per heavy atom. The molecule has 3 aromatic carbocycles. The van der Waals surface area contributed by atoms with E-state index in [0.717, 1.165) is 54.3 Å². The molecule has 8 N–H and O–H groups in total. The molecule has 6 aromatic heterocycles. The number of hydrogen-bond donors (Lipinski definition) is 5.